The van der Waals surface area contributed by atoms with Crippen LogP contribution in [0.25, 0.3) is 10.4 Å². The van der Waals surface area contributed by atoms with Gasteiger partial charge < -0.3 is 0 Å². The second-order valence-corrected chi connectivity index (χ2v) is 3.16. The minimum Gasteiger partial charge on any atom is -0.154 e. The highest BCUT2D eigenvalue weighted by Crippen LogP contribution is 2.19. The monoisotopic (exact) mass is 162 g/mol. The highest BCUT2D eigenvalue weighted by Gasteiger charge is 1.99. The summed E-state index contributed by atoms with van der Waals surface area (Å²) >= 11 is 1.65. The topological polar surface area (TPSA) is 14.1 Å². The summed E-state index contributed by atoms with van der Waals surface area (Å²) in [5.41, 5.74) is 1.28. The molecule has 1 nitrogen and oxygen atoms in total. The van der Waals surface area contributed by atoms with Crippen LogP contribution in [0.1, 0.15) is 0 Å². The van der Waals surface area contributed by atoms with Gasteiger partial charge in [-0.2, -0.15) is 4.37 Å². The Labute approximate surface area is 69.5 Å². The summed E-state index contributed by atoms with van der Waals surface area (Å²) in [5, 5.41) is 0. The summed E-state index contributed by atoms with van der Waals surface area (Å²) in [6.45, 7) is 0. The summed E-state index contributed by atoms with van der Waals surface area (Å²) in [7, 11) is 0. The molecule has 1 aromatic heterocycles. The van der Waals surface area contributed by atoms with E-state index in [0.717, 1.165) is 0 Å². The number of H-pyrrole nitrogens is 1. The lowest BCUT2D eigenvalue weighted by molar-refractivity contribution is -0.289. The lowest BCUT2D eigenvalue weighted by Crippen LogP contribution is -1.82. The summed E-state index contributed by atoms with van der Waals surface area (Å²) in [5.74, 6) is 0. The average Bonchev–Trinajstić information content (AvgIpc) is 2.58. The van der Waals surface area contributed by atoms with E-state index < -0.39 is 0 Å². The fraction of sp³-hybridized carbons (Fsp3) is 0. The van der Waals surface area contributed by atoms with Crippen molar-refractivity contribution in [2.75, 3.05) is 0 Å². The number of hydrogen-bond donors (Lipinski definition) is 0. The maximum absolute atomic E-state index is 3.07. The van der Waals surface area contributed by atoms with E-state index in [0.29, 0.717) is 0 Å². The molecule has 1 N–H and O–H groups in total. The van der Waals surface area contributed by atoms with Crippen molar-refractivity contribution in [2.24, 2.45) is 0 Å². The summed E-state index contributed by atoms with van der Waals surface area (Å²) in [6.07, 6.45) is 1.95. The first-order valence-electron chi connectivity index (χ1n) is 3.48. The number of rotatable bonds is 1. The average molecular weight is 162 g/mol. The molecule has 0 saturated heterocycles. The molecule has 1 aromatic carbocycles. The zero-order valence-electron chi connectivity index (χ0n) is 5.95. The van der Waals surface area contributed by atoms with E-state index >= 15 is 0 Å². The third-order valence-electron chi connectivity index (χ3n) is 1.53. The van der Waals surface area contributed by atoms with Gasteiger partial charge in [0.15, 0.2) is 6.20 Å². The van der Waals surface area contributed by atoms with Crippen molar-refractivity contribution in [2.45, 2.75) is 0 Å². The lowest BCUT2D eigenvalue weighted by atomic mass is 10.2. The smallest absolute Gasteiger partial charge is 0.154 e. The van der Waals surface area contributed by atoms with Gasteiger partial charge in [0.25, 0.3) is 0 Å². The first-order chi connectivity index (χ1) is 5.47. The van der Waals surface area contributed by atoms with Crippen LogP contribution in [-0.2, 0) is 0 Å². The molecular weight excluding hydrogens is 154 g/mol. The van der Waals surface area contributed by atoms with E-state index in [-0.39, 0.29) is 0 Å². The van der Waals surface area contributed by atoms with Crippen LogP contribution in [0.15, 0.2) is 42.6 Å². The van der Waals surface area contributed by atoms with Gasteiger partial charge in [0, 0.05) is 6.07 Å². The van der Waals surface area contributed by atoms with E-state index in [4.69, 9.17) is 0 Å². The number of aromatic nitrogens is 1. The maximum Gasteiger partial charge on any atom is 0.182 e. The van der Waals surface area contributed by atoms with Crippen LogP contribution in [0.2, 0.25) is 0 Å². The van der Waals surface area contributed by atoms with Gasteiger partial charge in [0.05, 0.1) is 0 Å². The second-order valence-electron chi connectivity index (χ2n) is 2.28. The zero-order valence-corrected chi connectivity index (χ0v) is 6.77. The van der Waals surface area contributed by atoms with Crippen LogP contribution in [-0.4, -0.2) is 0 Å². The molecular formula is C9H8NS+. The van der Waals surface area contributed by atoms with Crippen LogP contribution in [0.3, 0.4) is 0 Å². The van der Waals surface area contributed by atoms with E-state index in [1.807, 2.05) is 12.3 Å². The van der Waals surface area contributed by atoms with Crippen molar-refractivity contribution in [1.82, 2.24) is 0 Å². The Balaban J connectivity index is 2.46. The fourth-order valence-electron chi connectivity index (χ4n) is 0.999. The van der Waals surface area contributed by atoms with Gasteiger partial charge in [0.2, 0.25) is 0 Å². The van der Waals surface area contributed by atoms with Gasteiger partial charge in [0.1, 0.15) is 16.4 Å². The first-order valence-corrected chi connectivity index (χ1v) is 4.30. The second kappa shape index (κ2) is 2.84. The van der Waals surface area contributed by atoms with E-state index in [2.05, 4.69) is 34.7 Å². The molecule has 0 atom stereocenters. The highest BCUT2D eigenvalue weighted by atomic mass is 32.1. The molecule has 0 bridgehead atoms. The minimum atomic E-state index is 1.28. The van der Waals surface area contributed by atoms with Gasteiger partial charge in [-0.1, -0.05) is 30.3 Å². The SMILES string of the molecule is c1ccc(-c2cc[nH+]s2)cc1. The molecule has 0 spiro atoms. The largest absolute Gasteiger partial charge is 0.182 e. The predicted molar refractivity (Wildman–Crippen MR) is 46.3 cm³/mol. The third-order valence-corrected chi connectivity index (χ3v) is 2.38. The summed E-state index contributed by atoms with van der Waals surface area (Å²) in [6, 6.07) is 12.4. The zero-order chi connectivity index (χ0) is 7.52. The van der Waals surface area contributed by atoms with Crippen molar-refractivity contribution in [3.63, 3.8) is 0 Å². The first kappa shape index (κ1) is 6.55. The van der Waals surface area contributed by atoms with Crippen molar-refractivity contribution >= 4 is 11.5 Å². The molecule has 2 heteroatoms. The van der Waals surface area contributed by atoms with Gasteiger partial charge in [-0.05, 0) is 5.56 Å². The van der Waals surface area contributed by atoms with Crippen molar-refractivity contribution in [1.29, 1.82) is 0 Å². The molecule has 0 amide bonds. The molecule has 0 unspecified atom stereocenters. The molecule has 0 saturated carbocycles. The van der Waals surface area contributed by atoms with E-state index in [1.165, 1.54) is 10.4 Å². The number of nitrogens with one attached hydrogen (secondary N) is 1. The fourth-order valence-corrected chi connectivity index (χ4v) is 1.65. The summed E-state index contributed by atoms with van der Waals surface area (Å²) < 4.78 is 3.07. The molecule has 0 fully saturated rings. The molecule has 54 valence electrons. The molecule has 0 aliphatic rings. The number of hydrogen-bond acceptors (Lipinski definition) is 1. The molecule has 2 rings (SSSR count). The Morgan fingerprint density at radius 2 is 1.82 bits per heavy atom. The van der Waals surface area contributed by atoms with Gasteiger partial charge in [-0.25, -0.2) is 0 Å². The molecule has 1 heterocycles. The quantitative estimate of drug-likeness (QED) is 0.610. The standard InChI is InChI=1S/C9H7NS/c1-2-4-8(5-3-1)9-6-7-10-11-9/h1-7H/p+1. The Hall–Kier alpha value is -1.15. The van der Waals surface area contributed by atoms with Crippen LogP contribution in [0.4, 0.5) is 0 Å². The summed E-state index contributed by atoms with van der Waals surface area (Å²) in [4.78, 5) is 1.28. The molecule has 0 radical (unpaired) electrons. The number of benzene rings is 1. The van der Waals surface area contributed by atoms with Crippen LogP contribution < -0.4 is 4.37 Å². The molecule has 0 aliphatic carbocycles. The van der Waals surface area contributed by atoms with Crippen LogP contribution in [0, 0.1) is 0 Å². The third kappa shape index (κ3) is 1.30. The Kier molecular flexibility index (Phi) is 1.69. The molecule has 0 aliphatic heterocycles. The van der Waals surface area contributed by atoms with Crippen molar-refractivity contribution in [3.05, 3.63) is 42.6 Å². The Morgan fingerprint density at radius 1 is 1.00 bits per heavy atom. The molecule has 2 aromatic rings. The predicted octanol–water partition coefficient (Wildman–Crippen LogP) is 2.23. The van der Waals surface area contributed by atoms with E-state index in [1.54, 1.807) is 11.5 Å². The van der Waals surface area contributed by atoms with Gasteiger partial charge in [-0.15, -0.1) is 0 Å². The van der Waals surface area contributed by atoms with Crippen LogP contribution in [0.5, 0.6) is 0 Å². The Bertz CT molecular complexity index is 313. The minimum absolute atomic E-state index is 1.28. The normalized spacial score (nSPS) is 9.82. The van der Waals surface area contributed by atoms with Gasteiger partial charge in [-0.3, -0.25) is 0 Å². The van der Waals surface area contributed by atoms with Crippen molar-refractivity contribution < 1.29 is 4.37 Å². The van der Waals surface area contributed by atoms with E-state index in [9.17, 15) is 0 Å². The Morgan fingerprint density at radius 3 is 2.45 bits per heavy atom. The van der Waals surface area contributed by atoms with Crippen molar-refractivity contribution in [3.8, 4) is 10.4 Å². The van der Waals surface area contributed by atoms with Gasteiger partial charge >= 0.3 is 0 Å². The lowest BCUT2D eigenvalue weighted by Gasteiger charge is -1.89. The van der Waals surface area contributed by atoms with Crippen LogP contribution >= 0.6 is 11.5 Å². The number of aromatic amines is 1. The highest BCUT2D eigenvalue weighted by molar-refractivity contribution is 7.05. The molecule has 11 heavy (non-hydrogen) atoms. The maximum atomic E-state index is 3.07.